The molecule has 0 aromatic rings. The maximum atomic E-state index is 11.5. The van der Waals surface area contributed by atoms with Crippen molar-refractivity contribution >= 4 is 17.9 Å². The van der Waals surface area contributed by atoms with Gasteiger partial charge in [0.1, 0.15) is 0 Å². The van der Waals surface area contributed by atoms with Gasteiger partial charge in [-0.25, -0.2) is 0 Å². The van der Waals surface area contributed by atoms with E-state index >= 15 is 0 Å². The summed E-state index contributed by atoms with van der Waals surface area (Å²) in [5.41, 5.74) is -1.17. The smallest absolute Gasteiger partial charge is 0.311 e. The standard InChI is InChI=1S/C17H26O10/c1-8-11(24-9(2)18)12(25-10(3)19)13-14(23-8)27-17(6,26-13)22-7-16(4,5)15(20)21/h8,11-14H,7H2,1-6H3,(H,20,21)/t8-,11-,12+,13+,14-,17?/m0/s1. The Morgan fingerprint density at radius 3 is 2.15 bits per heavy atom. The molecule has 27 heavy (non-hydrogen) atoms. The number of hydrogen-bond donors (Lipinski definition) is 1. The van der Waals surface area contributed by atoms with Crippen molar-refractivity contribution in [3.63, 3.8) is 0 Å². The number of carbonyl (C=O) groups excluding carboxylic acids is 2. The summed E-state index contributed by atoms with van der Waals surface area (Å²) in [6.45, 7) is 8.36. The fourth-order valence-electron chi connectivity index (χ4n) is 2.80. The normalized spacial score (nSPS) is 36.0. The van der Waals surface area contributed by atoms with Crippen LogP contribution in [0.25, 0.3) is 0 Å². The van der Waals surface area contributed by atoms with Gasteiger partial charge in [0.25, 0.3) is 5.97 Å². The SMILES string of the molecule is CC(=O)O[C@@H]1[C@@H](OC(C)=O)[C@H](C)O[C@H]2OC(C)(OCC(C)(C)C(=O)O)O[C@@H]21. The highest BCUT2D eigenvalue weighted by Gasteiger charge is 2.58. The van der Waals surface area contributed by atoms with E-state index in [1.807, 2.05) is 0 Å². The quantitative estimate of drug-likeness (QED) is 0.651. The molecule has 10 nitrogen and oxygen atoms in total. The molecule has 0 spiro atoms. The zero-order chi connectivity index (χ0) is 20.6. The molecule has 2 fully saturated rings. The monoisotopic (exact) mass is 390 g/mol. The highest BCUT2D eigenvalue weighted by Crippen LogP contribution is 2.40. The third kappa shape index (κ3) is 4.95. The van der Waals surface area contributed by atoms with Crippen LogP contribution in [0, 0.1) is 5.41 Å². The second-order valence-electron chi connectivity index (χ2n) is 7.40. The van der Waals surface area contributed by atoms with E-state index in [4.69, 9.17) is 28.4 Å². The highest BCUT2D eigenvalue weighted by atomic mass is 16.9. The molecule has 10 heteroatoms. The van der Waals surface area contributed by atoms with Crippen LogP contribution in [0.15, 0.2) is 0 Å². The molecule has 0 amide bonds. The first-order valence-electron chi connectivity index (χ1n) is 8.57. The molecule has 0 radical (unpaired) electrons. The van der Waals surface area contributed by atoms with Crippen molar-refractivity contribution in [3.05, 3.63) is 0 Å². The molecular formula is C17H26O10. The summed E-state index contributed by atoms with van der Waals surface area (Å²) in [4.78, 5) is 34.2. The van der Waals surface area contributed by atoms with Gasteiger partial charge in [-0.2, -0.15) is 0 Å². The molecule has 6 atom stereocenters. The van der Waals surface area contributed by atoms with Gasteiger partial charge in [-0.15, -0.1) is 0 Å². The number of rotatable bonds is 6. The lowest BCUT2D eigenvalue weighted by molar-refractivity contribution is -0.348. The van der Waals surface area contributed by atoms with E-state index in [-0.39, 0.29) is 6.61 Å². The van der Waals surface area contributed by atoms with Crippen LogP contribution in [0.5, 0.6) is 0 Å². The van der Waals surface area contributed by atoms with E-state index in [2.05, 4.69) is 0 Å². The number of carboxylic acid groups (broad SMARTS) is 1. The lowest BCUT2D eigenvalue weighted by atomic mass is 9.95. The van der Waals surface area contributed by atoms with E-state index in [1.54, 1.807) is 6.92 Å². The predicted molar refractivity (Wildman–Crippen MR) is 87.2 cm³/mol. The predicted octanol–water partition coefficient (Wildman–Crippen LogP) is 0.811. The summed E-state index contributed by atoms with van der Waals surface area (Å²) in [7, 11) is 0. The van der Waals surface area contributed by atoms with Gasteiger partial charge in [0.2, 0.25) is 0 Å². The minimum Gasteiger partial charge on any atom is -0.481 e. The highest BCUT2D eigenvalue weighted by molar-refractivity contribution is 5.73. The number of fused-ring (bicyclic) bond motifs is 1. The van der Waals surface area contributed by atoms with Crippen LogP contribution in [0.2, 0.25) is 0 Å². The molecule has 0 aliphatic carbocycles. The minimum absolute atomic E-state index is 0.195. The minimum atomic E-state index is -1.62. The number of esters is 2. The fourth-order valence-corrected chi connectivity index (χ4v) is 2.80. The Morgan fingerprint density at radius 2 is 1.63 bits per heavy atom. The van der Waals surface area contributed by atoms with E-state index in [0.717, 1.165) is 0 Å². The van der Waals surface area contributed by atoms with E-state index in [9.17, 15) is 19.5 Å². The van der Waals surface area contributed by atoms with Crippen molar-refractivity contribution in [2.24, 2.45) is 5.41 Å². The Bertz CT molecular complexity index is 603. The third-order valence-electron chi connectivity index (χ3n) is 4.29. The third-order valence-corrected chi connectivity index (χ3v) is 4.29. The molecule has 0 saturated carbocycles. The van der Waals surface area contributed by atoms with Gasteiger partial charge in [-0.1, -0.05) is 0 Å². The first kappa shape index (κ1) is 21.5. The molecule has 2 saturated heterocycles. The average molecular weight is 390 g/mol. The van der Waals surface area contributed by atoms with Crippen molar-refractivity contribution < 1.29 is 47.9 Å². The summed E-state index contributed by atoms with van der Waals surface area (Å²) >= 11 is 0. The molecule has 0 aromatic heterocycles. The summed E-state index contributed by atoms with van der Waals surface area (Å²) < 4.78 is 33.3. The van der Waals surface area contributed by atoms with Gasteiger partial charge in [-0.3, -0.25) is 19.1 Å². The Morgan fingerprint density at radius 1 is 1.07 bits per heavy atom. The van der Waals surface area contributed by atoms with Gasteiger partial charge < -0.3 is 28.8 Å². The Kier molecular flexibility index (Phi) is 6.15. The molecular weight excluding hydrogens is 364 g/mol. The Hall–Kier alpha value is -1.75. The van der Waals surface area contributed by atoms with Gasteiger partial charge in [0, 0.05) is 20.8 Å². The van der Waals surface area contributed by atoms with Crippen LogP contribution in [-0.4, -0.2) is 66.3 Å². The van der Waals surface area contributed by atoms with E-state index in [1.165, 1.54) is 34.6 Å². The second kappa shape index (κ2) is 7.70. The van der Waals surface area contributed by atoms with Crippen LogP contribution in [0.3, 0.4) is 0 Å². The van der Waals surface area contributed by atoms with E-state index in [0.29, 0.717) is 0 Å². The van der Waals surface area contributed by atoms with Gasteiger partial charge >= 0.3 is 17.9 Å². The summed E-state index contributed by atoms with van der Waals surface area (Å²) in [5, 5.41) is 9.21. The van der Waals surface area contributed by atoms with Crippen molar-refractivity contribution in [3.8, 4) is 0 Å². The van der Waals surface area contributed by atoms with Crippen LogP contribution >= 0.6 is 0 Å². The van der Waals surface area contributed by atoms with Crippen LogP contribution < -0.4 is 0 Å². The molecule has 2 heterocycles. The molecule has 1 N–H and O–H groups in total. The lowest BCUT2D eigenvalue weighted by Crippen LogP contribution is -2.58. The first-order valence-corrected chi connectivity index (χ1v) is 8.57. The van der Waals surface area contributed by atoms with E-state index < -0.39 is 60.0 Å². The summed E-state index contributed by atoms with van der Waals surface area (Å²) in [6, 6.07) is 0. The van der Waals surface area contributed by atoms with Crippen LogP contribution in [-0.2, 0) is 42.8 Å². The summed E-state index contributed by atoms with van der Waals surface area (Å²) in [6.07, 6.45) is -4.38. The van der Waals surface area contributed by atoms with Crippen molar-refractivity contribution in [2.45, 2.75) is 78.2 Å². The molecule has 2 aliphatic rings. The van der Waals surface area contributed by atoms with Crippen molar-refractivity contribution in [2.75, 3.05) is 6.61 Å². The van der Waals surface area contributed by atoms with Crippen LogP contribution in [0.4, 0.5) is 0 Å². The summed E-state index contributed by atoms with van der Waals surface area (Å²) in [5.74, 6) is -3.81. The Labute approximate surface area is 157 Å². The molecule has 2 aliphatic heterocycles. The zero-order valence-corrected chi connectivity index (χ0v) is 16.2. The number of ether oxygens (including phenoxy) is 6. The first-order chi connectivity index (χ1) is 12.3. The topological polar surface area (TPSA) is 127 Å². The fraction of sp³-hybridized carbons (Fsp3) is 0.824. The molecule has 2 rings (SSSR count). The second-order valence-corrected chi connectivity index (χ2v) is 7.40. The average Bonchev–Trinajstić information content (AvgIpc) is 2.85. The number of carbonyl (C=O) groups is 3. The number of aliphatic carboxylic acids is 1. The Balaban J connectivity index is 2.18. The number of carboxylic acids is 1. The maximum absolute atomic E-state index is 11.5. The van der Waals surface area contributed by atoms with Gasteiger partial charge in [-0.05, 0) is 20.8 Å². The molecule has 0 bridgehead atoms. The zero-order valence-electron chi connectivity index (χ0n) is 16.2. The molecule has 0 aromatic carbocycles. The van der Waals surface area contributed by atoms with Gasteiger partial charge in [0.05, 0.1) is 18.1 Å². The van der Waals surface area contributed by atoms with Crippen molar-refractivity contribution in [1.82, 2.24) is 0 Å². The van der Waals surface area contributed by atoms with Crippen LogP contribution in [0.1, 0.15) is 41.5 Å². The lowest BCUT2D eigenvalue weighted by Gasteiger charge is -2.39. The van der Waals surface area contributed by atoms with Gasteiger partial charge in [0.15, 0.2) is 24.6 Å². The molecule has 1 unspecified atom stereocenters. The maximum Gasteiger partial charge on any atom is 0.311 e. The van der Waals surface area contributed by atoms with Crippen molar-refractivity contribution in [1.29, 1.82) is 0 Å². The number of hydrogen-bond acceptors (Lipinski definition) is 9. The molecule has 154 valence electrons. The largest absolute Gasteiger partial charge is 0.481 e.